The number of methoxy groups -OCH3 is 1. The number of benzene rings is 2. The van der Waals surface area contributed by atoms with E-state index in [2.05, 4.69) is 4.98 Å². The second kappa shape index (κ2) is 11.9. The van der Waals surface area contributed by atoms with Gasteiger partial charge in [-0.1, -0.05) is 29.3 Å². The van der Waals surface area contributed by atoms with Crippen molar-refractivity contribution in [3.05, 3.63) is 97.9 Å². The maximum atomic E-state index is 14.2. The lowest BCUT2D eigenvalue weighted by molar-refractivity contribution is -0.143. The quantitative estimate of drug-likeness (QED) is 0.151. The van der Waals surface area contributed by atoms with Crippen molar-refractivity contribution in [3.63, 3.8) is 0 Å². The molecule has 2 N–H and O–H groups in total. The van der Waals surface area contributed by atoms with Crippen LogP contribution in [0.15, 0.2) is 59.9 Å². The third-order valence-corrected chi connectivity index (χ3v) is 7.73. The van der Waals surface area contributed by atoms with Crippen LogP contribution in [0.4, 0.5) is 13.2 Å². The van der Waals surface area contributed by atoms with E-state index in [1.807, 2.05) is 0 Å². The van der Waals surface area contributed by atoms with E-state index in [0.717, 1.165) is 0 Å². The first kappa shape index (κ1) is 29.7. The van der Waals surface area contributed by atoms with Crippen molar-refractivity contribution in [2.45, 2.75) is 38.0 Å². The smallest absolute Gasteiger partial charge is 0.433 e. The Hall–Kier alpha value is -3.76. The van der Waals surface area contributed by atoms with Gasteiger partial charge in [0.05, 0.1) is 34.0 Å². The van der Waals surface area contributed by atoms with E-state index in [4.69, 9.17) is 42.8 Å². The number of ether oxygens (including phenoxy) is 3. The van der Waals surface area contributed by atoms with Gasteiger partial charge in [0.1, 0.15) is 24.2 Å². The summed E-state index contributed by atoms with van der Waals surface area (Å²) in [4.78, 5) is 15.6. The summed E-state index contributed by atoms with van der Waals surface area (Å²) < 4.78 is 58.9. The Kier molecular flexibility index (Phi) is 8.39. The number of carbonyl (C=O) groups is 1. The van der Waals surface area contributed by atoms with Crippen LogP contribution in [0.1, 0.15) is 58.1 Å². The number of rotatable bonds is 8. The molecule has 1 saturated carbocycles. The summed E-state index contributed by atoms with van der Waals surface area (Å²) in [5.74, 6) is -0.763. The van der Waals surface area contributed by atoms with Crippen LogP contribution in [0, 0.1) is 11.3 Å². The van der Waals surface area contributed by atoms with Crippen molar-refractivity contribution in [1.82, 2.24) is 4.98 Å². The number of fused-ring (bicyclic) bond motifs is 1. The second-order valence-electron chi connectivity index (χ2n) is 9.94. The Morgan fingerprint density at radius 2 is 1.83 bits per heavy atom. The van der Waals surface area contributed by atoms with Crippen LogP contribution in [0.5, 0.6) is 11.6 Å². The summed E-state index contributed by atoms with van der Waals surface area (Å²) in [6.07, 6.45) is -3.75. The zero-order chi connectivity index (χ0) is 30.2. The molecule has 1 aliphatic heterocycles. The summed E-state index contributed by atoms with van der Waals surface area (Å²) in [6.45, 7) is -0.428. The first-order valence-corrected chi connectivity index (χ1v) is 13.8. The van der Waals surface area contributed by atoms with Crippen molar-refractivity contribution in [1.29, 1.82) is 5.41 Å². The molecule has 2 aromatic carbocycles. The lowest BCUT2D eigenvalue weighted by Crippen LogP contribution is -2.22. The second-order valence-corrected chi connectivity index (χ2v) is 10.8. The average Bonchev–Trinajstić information content (AvgIpc) is 3.81. The lowest BCUT2D eigenvalue weighted by Gasteiger charge is -2.28. The normalized spacial score (nSPS) is 17.0. The number of aryl methyl sites for hydroxylation is 1. The third kappa shape index (κ3) is 6.19. The minimum atomic E-state index is -4.82. The molecule has 12 heteroatoms. The van der Waals surface area contributed by atoms with Crippen molar-refractivity contribution in [2.75, 3.05) is 13.7 Å². The topological polar surface area (TPSA) is 102 Å². The first-order chi connectivity index (χ1) is 20.0. The van der Waals surface area contributed by atoms with E-state index in [0.29, 0.717) is 36.1 Å². The predicted octanol–water partition coefficient (Wildman–Crippen LogP) is 7.93. The number of allylic oxidation sites excluding steroid dienone is 1. The fourth-order valence-electron chi connectivity index (χ4n) is 4.78. The molecule has 1 aromatic heterocycles. The summed E-state index contributed by atoms with van der Waals surface area (Å²) in [6, 6.07) is 11.9. The molecule has 2 aliphatic rings. The van der Waals surface area contributed by atoms with Gasteiger partial charge in [-0.2, -0.15) is 13.2 Å². The number of hydrogen-bond donors (Lipinski definition) is 2. The minimum absolute atomic E-state index is 0.0606. The van der Waals surface area contributed by atoms with Gasteiger partial charge >= 0.3 is 12.1 Å². The summed E-state index contributed by atoms with van der Waals surface area (Å²) in [7, 11) is 1.26. The number of nitrogens with one attached hydrogen (secondary N) is 1. The molecule has 1 aliphatic carbocycles. The maximum Gasteiger partial charge on any atom is 0.433 e. The highest BCUT2D eigenvalue weighted by molar-refractivity contribution is 6.41. The minimum Gasteiger partial charge on any atom is -0.512 e. The molecule has 3 aromatic rings. The molecule has 42 heavy (non-hydrogen) atoms. The average molecular weight is 621 g/mol. The predicted molar refractivity (Wildman–Crippen MR) is 150 cm³/mol. The Labute approximate surface area is 249 Å². The van der Waals surface area contributed by atoms with Gasteiger partial charge in [0.25, 0.3) is 0 Å². The number of esters is 1. The van der Waals surface area contributed by atoms with Gasteiger partial charge in [-0.3, -0.25) is 5.41 Å². The number of nitrogens with zero attached hydrogens (tertiary/aromatic N) is 1. The van der Waals surface area contributed by atoms with E-state index < -0.39 is 30.6 Å². The molecular weight excluding hydrogens is 596 g/mol. The molecule has 1 atom stereocenters. The molecule has 1 unspecified atom stereocenters. The number of halogens is 5. The van der Waals surface area contributed by atoms with Gasteiger partial charge < -0.3 is 19.3 Å². The van der Waals surface area contributed by atoms with Crippen LogP contribution < -0.4 is 9.47 Å². The molecule has 0 bridgehead atoms. The maximum absolute atomic E-state index is 14.2. The van der Waals surface area contributed by atoms with Crippen LogP contribution in [-0.2, 0) is 17.3 Å². The van der Waals surface area contributed by atoms with Gasteiger partial charge in [0.2, 0.25) is 5.88 Å². The van der Waals surface area contributed by atoms with E-state index in [-0.39, 0.29) is 56.4 Å². The fourth-order valence-corrected chi connectivity index (χ4v) is 5.37. The zero-order valence-electron chi connectivity index (χ0n) is 22.2. The molecule has 0 radical (unpaired) electrons. The van der Waals surface area contributed by atoms with E-state index in [1.54, 1.807) is 24.3 Å². The van der Waals surface area contributed by atoms with Crippen molar-refractivity contribution >= 4 is 34.9 Å². The van der Waals surface area contributed by atoms with Crippen LogP contribution >= 0.6 is 23.2 Å². The number of pyridine rings is 1. The third-order valence-electron chi connectivity index (χ3n) is 7.10. The van der Waals surface area contributed by atoms with Gasteiger partial charge in [0, 0.05) is 23.1 Å². The molecule has 220 valence electrons. The largest absolute Gasteiger partial charge is 0.512 e. The molecular formula is C30H25Cl2F3N2O5. The first-order valence-electron chi connectivity index (χ1n) is 13.0. The number of aliphatic hydroxyl groups excluding tert-OH is 1. The summed E-state index contributed by atoms with van der Waals surface area (Å²) in [5, 5.41) is 19.9. The Bertz CT molecular complexity index is 1570. The lowest BCUT2D eigenvalue weighted by atomic mass is 9.95. The highest BCUT2D eigenvalue weighted by Crippen LogP contribution is 2.42. The van der Waals surface area contributed by atoms with Crippen molar-refractivity contribution in [2.24, 2.45) is 5.92 Å². The van der Waals surface area contributed by atoms with Crippen LogP contribution in [-0.4, -0.2) is 35.5 Å². The van der Waals surface area contributed by atoms with Crippen LogP contribution in [0.3, 0.4) is 0 Å². The fraction of sp³-hybridized carbons (Fsp3) is 0.300. The highest BCUT2D eigenvalue weighted by Gasteiger charge is 2.39. The van der Waals surface area contributed by atoms with E-state index in [1.165, 1.54) is 31.4 Å². The molecule has 1 fully saturated rings. The van der Waals surface area contributed by atoms with E-state index in [9.17, 15) is 23.1 Å². The molecule has 0 spiro atoms. The van der Waals surface area contributed by atoms with Crippen molar-refractivity contribution < 1.29 is 37.3 Å². The monoisotopic (exact) mass is 620 g/mol. The number of aromatic nitrogens is 1. The molecule has 2 heterocycles. The zero-order valence-corrected chi connectivity index (χ0v) is 23.7. The van der Waals surface area contributed by atoms with Gasteiger partial charge in [0.15, 0.2) is 5.69 Å². The number of carbonyl (C=O) groups excluding carboxylic acids is 1. The summed E-state index contributed by atoms with van der Waals surface area (Å²) >= 11 is 12.5. The Morgan fingerprint density at radius 1 is 1.12 bits per heavy atom. The standard InChI is InChI=1S/C30H25Cl2F3N2O5/c1-40-29(39)17-8-10-22-16(13-17)7-11-23(42-22)18-9-12-24(37-28(18)30(33,34)35)41-14-19(27(38)15-5-6-15)26(36)25-20(31)3-2-4-21(25)32/h2-4,8-10,12-13,15,23,36,38H,5-7,11,14H2,1H3/b27-19-,36-26?. The van der Waals surface area contributed by atoms with Crippen molar-refractivity contribution in [3.8, 4) is 11.6 Å². The Morgan fingerprint density at radius 3 is 2.48 bits per heavy atom. The highest BCUT2D eigenvalue weighted by atomic mass is 35.5. The van der Waals surface area contributed by atoms with Gasteiger partial charge in [-0.25, -0.2) is 9.78 Å². The van der Waals surface area contributed by atoms with Gasteiger partial charge in [-0.05, 0) is 67.6 Å². The SMILES string of the molecule is COC(=O)c1ccc2c(c1)CCC(c1ccc(OC/C(C(=N)c3c(Cl)cccc3Cl)=C(/O)C3CC3)nc1C(F)(F)F)O2. The molecule has 0 amide bonds. The Balaban J connectivity index is 1.40. The van der Waals surface area contributed by atoms with Gasteiger partial charge in [-0.15, -0.1) is 0 Å². The summed E-state index contributed by atoms with van der Waals surface area (Å²) in [5.41, 5.74) is -0.266. The molecule has 7 nitrogen and oxygen atoms in total. The molecule has 5 rings (SSSR count). The number of aliphatic hydroxyl groups is 1. The number of hydrogen-bond acceptors (Lipinski definition) is 7. The van der Waals surface area contributed by atoms with Crippen LogP contribution in [0.25, 0.3) is 0 Å². The van der Waals surface area contributed by atoms with Crippen LogP contribution in [0.2, 0.25) is 10.0 Å². The van der Waals surface area contributed by atoms with E-state index >= 15 is 0 Å². The number of alkyl halides is 3. The molecule has 0 saturated heterocycles.